The number of benzene rings is 1. The maximum atomic E-state index is 11.5. The lowest BCUT2D eigenvalue weighted by atomic mass is 10.1. The van der Waals surface area contributed by atoms with Crippen LogP contribution in [0.2, 0.25) is 5.02 Å². The summed E-state index contributed by atoms with van der Waals surface area (Å²) in [5, 5.41) is 12.9. The molecule has 0 saturated carbocycles. The lowest BCUT2D eigenvalue weighted by Gasteiger charge is -2.23. The van der Waals surface area contributed by atoms with Crippen molar-refractivity contribution in [2.24, 2.45) is 0 Å². The van der Waals surface area contributed by atoms with Gasteiger partial charge < -0.3 is 15.3 Å². The molecule has 1 atom stereocenters. The Morgan fingerprint density at radius 2 is 2.28 bits per heavy atom. The number of hydrogen-bond acceptors (Lipinski definition) is 3. The number of nitrogens with one attached hydrogen (secondary N) is 1. The van der Waals surface area contributed by atoms with E-state index in [1.54, 1.807) is 13.0 Å². The molecule has 1 saturated heterocycles. The molecule has 18 heavy (non-hydrogen) atoms. The van der Waals surface area contributed by atoms with Crippen LogP contribution >= 0.6 is 11.6 Å². The quantitative estimate of drug-likeness (QED) is 0.859. The fraction of sp³-hybridized carbons (Fsp3) is 0.462. The summed E-state index contributed by atoms with van der Waals surface area (Å²) in [6, 6.07) is 5.46. The Balaban J connectivity index is 2.24. The van der Waals surface area contributed by atoms with Crippen molar-refractivity contribution in [2.75, 3.05) is 24.5 Å². The first-order chi connectivity index (χ1) is 8.58. The van der Waals surface area contributed by atoms with Crippen molar-refractivity contribution in [3.8, 4) is 0 Å². The van der Waals surface area contributed by atoms with Crippen LogP contribution < -0.4 is 10.2 Å². The van der Waals surface area contributed by atoms with Crippen LogP contribution in [-0.4, -0.2) is 30.6 Å². The van der Waals surface area contributed by atoms with E-state index in [2.05, 4.69) is 5.32 Å². The summed E-state index contributed by atoms with van der Waals surface area (Å²) in [4.78, 5) is 13.5. The second kappa shape index (κ2) is 5.59. The average molecular weight is 269 g/mol. The zero-order valence-electron chi connectivity index (χ0n) is 10.3. The van der Waals surface area contributed by atoms with Crippen molar-refractivity contribution < 1.29 is 9.90 Å². The number of aliphatic hydroxyl groups excluding tert-OH is 1. The molecule has 1 fully saturated rings. The molecular weight excluding hydrogens is 252 g/mol. The molecule has 0 unspecified atom stereocenters. The van der Waals surface area contributed by atoms with Gasteiger partial charge in [0.2, 0.25) is 5.91 Å². The van der Waals surface area contributed by atoms with E-state index in [1.165, 1.54) is 0 Å². The Hall–Kier alpha value is -1.26. The number of halogens is 1. The first-order valence-corrected chi connectivity index (χ1v) is 6.45. The van der Waals surface area contributed by atoms with E-state index >= 15 is 0 Å². The monoisotopic (exact) mass is 268 g/mol. The summed E-state index contributed by atoms with van der Waals surface area (Å²) >= 11 is 6.22. The van der Waals surface area contributed by atoms with Crippen LogP contribution in [0.4, 0.5) is 5.69 Å². The van der Waals surface area contributed by atoms with E-state index in [0.717, 1.165) is 24.2 Å². The van der Waals surface area contributed by atoms with Gasteiger partial charge in [-0.25, -0.2) is 0 Å². The summed E-state index contributed by atoms with van der Waals surface area (Å²) in [6.07, 6.45) is 0.365. The van der Waals surface area contributed by atoms with E-state index in [-0.39, 0.29) is 5.91 Å². The van der Waals surface area contributed by atoms with E-state index in [0.29, 0.717) is 18.1 Å². The topological polar surface area (TPSA) is 52.6 Å². The fourth-order valence-corrected chi connectivity index (χ4v) is 2.36. The maximum Gasteiger partial charge on any atom is 0.239 e. The van der Waals surface area contributed by atoms with Gasteiger partial charge in [-0.05, 0) is 31.0 Å². The number of carbonyl (C=O) groups excluding carboxylic acids is 1. The van der Waals surface area contributed by atoms with Crippen molar-refractivity contribution >= 4 is 23.2 Å². The molecule has 98 valence electrons. The van der Waals surface area contributed by atoms with Gasteiger partial charge in [-0.2, -0.15) is 0 Å². The highest BCUT2D eigenvalue weighted by atomic mass is 35.5. The Labute approximate surface area is 112 Å². The van der Waals surface area contributed by atoms with E-state index < -0.39 is 6.10 Å². The number of nitrogens with zero attached hydrogens (tertiary/aromatic N) is 1. The zero-order valence-corrected chi connectivity index (χ0v) is 11.1. The van der Waals surface area contributed by atoms with Gasteiger partial charge in [0.1, 0.15) is 0 Å². The van der Waals surface area contributed by atoms with Gasteiger partial charge >= 0.3 is 0 Å². The Morgan fingerprint density at radius 1 is 1.50 bits per heavy atom. The van der Waals surface area contributed by atoms with Crippen LogP contribution in [0.25, 0.3) is 0 Å². The predicted octanol–water partition coefficient (Wildman–Crippen LogP) is 1.72. The summed E-state index contributed by atoms with van der Waals surface area (Å²) in [6.45, 7) is 3.53. The SMILES string of the molecule is C[C@H](O)c1ccc(N2CCCNC(=O)C2)c(Cl)c1. The highest BCUT2D eigenvalue weighted by Crippen LogP contribution is 2.29. The van der Waals surface area contributed by atoms with Crippen LogP contribution in [-0.2, 0) is 4.79 Å². The van der Waals surface area contributed by atoms with Crippen molar-refractivity contribution in [2.45, 2.75) is 19.4 Å². The molecule has 5 heteroatoms. The van der Waals surface area contributed by atoms with Crippen LogP contribution in [0.3, 0.4) is 0 Å². The van der Waals surface area contributed by atoms with Gasteiger partial charge in [0, 0.05) is 13.1 Å². The molecule has 1 amide bonds. The minimum Gasteiger partial charge on any atom is -0.389 e. The summed E-state index contributed by atoms with van der Waals surface area (Å²) < 4.78 is 0. The van der Waals surface area contributed by atoms with Gasteiger partial charge in [0.25, 0.3) is 0 Å². The molecule has 0 aromatic heterocycles. The van der Waals surface area contributed by atoms with Crippen molar-refractivity contribution in [3.05, 3.63) is 28.8 Å². The standard InChI is InChI=1S/C13H17ClN2O2/c1-9(17)10-3-4-12(11(14)7-10)16-6-2-5-15-13(18)8-16/h3-4,7,9,17H,2,5-6,8H2,1H3,(H,15,18)/t9-/m0/s1. The molecule has 0 radical (unpaired) electrons. The van der Waals surface area contributed by atoms with Gasteiger partial charge in [-0.15, -0.1) is 0 Å². The molecule has 0 aliphatic carbocycles. The van der Waals surface area contributed by atoms with Gasteiger partial charge in [0.15, 0.2) is 0 Å². The number of carbonyl (C=O) groups is 1. The molecule has 0 bridgehead atoms. The zero-order chi connectivity index (χ0) is 13.1. The molecule has 1 aromatic carbocycles. The second-order valence-electron chi connectivity index (χ2n) is 4.51. The predicted molar refractivity (Wildman–Crippen MR) is 71.9 cm³/mol. The highest BCUT2D eigenvalue weighted by molar-refractivity contribution is 6.33. The van der Waals surface area contributed by atoms with Gasteiger partial charge in [0.05, 0.1) is 23.4 Å². The third-order valence-electron chi connectivity index (χ3n) is 3.06. The molecular formula is C13H17ClN2O2. The third-order valence-corrected chi connectivity index (χ3v) is 3.36. The summed E-state index contributed by atoms with van der Waals surface area (Å²) in [7, 11) is 0. The van der Waals surface area contributed by atoms with Gasteiger partial charge in [-0.3, -0.25) is 4.79 Å². The smallest absolute Gasteiger partial charge is 0.239 e. The number of aliphatic hydroxyl groups is 1. The van der Waals surface area contributed by atoms with Crippen molar-refractivity contribution in [1.29, 1.82) is 0 Å². The maximum absolute atomic E-state index is 11.5. The fourth-order valence-electron chi connectivity index (χ4n) is 2.05. The molecule has 4 nitrogen and oxygen atoms in total. The van der Waals surface area contributed by atoms with E-state index in [4.69, 9.17) is 11.6 Å². The van der Waals surface area contributed by atoms with E-state index in [9.17, 15) is 9.90 Å². The average Bonchev–Trinajstić information content (AvgIpc) is 2.53. The lowest BCUT2D eigenvalue weighted by molar-refractivity contribution is -0.119. The molecule has 1 heterocycles. The first-order valence-electron chi connectivity index (χ1n) is 6.07. The largest absolute Gasteiger partial charge is 0.389 e. The summed E-state index contributed by atoms with van der Waals surface area (Å²) in [5.74, 6) is 0.0168. The van der Waals surface area contributed by atoms with Crippen LogP contribution in [0.1, 0.15) is 25.0 Å². The normalized spacial score (nSPS) is 18.2. The number of anilines is 1. The minimum absolute atomic E-state index is 0.0168. The minimum atomic E-state index is -0.538. The van der Waals surface area contributed by atoms with E-state index in [1.807, 2.05) is 17.0 Å². The molecule has 1 aromatic rings. The number of rotatable bonds is 2. The molecule has 0 spiro atoms. The number of amides is 1. The van der Waals surface area contributed by atoms with Gasteiger partial charge in [-0.1, -0.05) is 17.7 Å². The third kappa shape index (κ3) is 2.94. The van der Waals surface area contributed by atoms with Crippen LogP contribution in [0, 0.1) is 0 Å². The van der Waals surface area contributed by atoms with Crippen molar-refractivity contribution in [3.63, 3.8) is 0 Å². The van der Waals surface area contributed by atoms with Crippen molar-refractivity contribution in [1.82, 2.24) is 5.32 Å². The Bertz CT molecular complexity index is 449. The molecule has 1 aliphatic rings. The number of hydrogen-bond donors (Lipinski definition) is 2. The Kier molecular flexibility index (Phi) is 4.09. The highest BCUT2D eigenvalue weighted by Gasteiger charge is 2.17. The van der Waals surface area contributed by atoms with Crippen LogP contribution in [0.15, 0.2) is 18.2 Å². The second-order valence-corrected chi connectivity index (χ2v) is 4.92. The molecule has 2 N–H and O–H groups in total. The molecule has 1 aliphatic heterocycles. The lowest BCUT2D eigenvalue weighted by Crippen LogP contribution is -2.33. The van der Waals surface area contributed by atoms with Crippen LogP contribution in [0.5, 0.6) is 0 Å². The molecule has 2 rings (SSSR count). The Morgan fingerprint density at radius 3 is 2.94 bits per heavy atom. The first kappa shape index (κ1) is 13.2. The summed E-state index contributed by atoms with van der Waals surface area (Å²) in [5.41, 5.74) is 1.63.